The molecule has 3 aromatic rings. The van der Waals surface area contributed by atoms with Crippen LogP contribution in [0.15, 0.2) is 58.5 Å². The van der Waals surface area contributed by atoms with Gasteiger partial charge in [-0.05, 0) is 56.3 Å². The first-order chi connectivity index (χ1) is 13.1. The lowest BCUT2D eigenvalue weighted by atomic mass is 10.2. The van der Waals surface area contributed by atoms with Crippen molar-refractivity contribution < 1.29 is 13.2 Å². The van der Waals surface area contributed by atoms with E-state index in [0.717, 1.165) is 19.6 Å². The number of nitrogens with zero attached hydrogens (tertiary/aromatic N) is 1. The summed E-state index contributed by atoms with van der Waals surface area (Å²) in [5.41, 5.74) is 0.700. The van der Waals surface area contributed by atoms with E-state index < -0.39 is 9.84 Å². The molecule has 4 rings (SSSR count). The normalized spacial score (nSPS) is 15.4. The third-order valence-electron chi connectivity index (χ3n) is 4.92. The lowest BCUT2D eigenvalue weighted by Crippen LogP contribution is -2.25. The Bertz CT molecular complexity index is 1040. The van der Waals surface area contributed by atoms with Crippen molar-refractivity contribution in [2.75, 3.05) is 26.2 Å². The van der Waals surface area contributed by atoms with Crippen LogP contribution in [0.4, 0.5) is 0 Å². The Hall–Kier alpha value is -2.02. The number of halogens is 1. The molecule has 0 radical (unpaired) electrons. The highest BCUT2D eigenvalue weighted by Crippen LogP contribution is 2.33. The van der Waals surface area contributed by atoms with Gasteiger partial charge in [-0.3, -0.25) is 4.90 Å². The zero-order valence-electron chi connectivity index (χ0n) is 14.8. The van der Waals surface area contributed by atoms with Crippen LogP contribution in [-0.2, 0) is 9.84 Å². The van der Waals surface area contributed by atoms with Crippen LogP contribution < -0.4 is 4.74 Å². The molecule has 1 N–H and O–H groups in total. The summed E-state index contributed by atoms with van der Waals surface area (Å²) in [5, 5.41) is 1.13. The summed E-state index contributed by atoms with van der Waals surface area (Å²) in [6, 6.07) is 11.7. The molecule has 0 atom stereocenters. The predicted molar refractivity (Wildman–Crippen MR) is 106 cm³/mol. The zero-order chi connectivity index (χ0) is 18.9. The summed E-state index contributed by atoms with van der Waals surface area (Å²) < 4.78 is 32.0. The van der Waals surface area contributed by atoms with Crippen LogP contribution in [0, 0.1) is 0 Å². The zero-order valence-corrected chi connectivity index (χ0v) is 16.4. The molecule has 0 amide bonds. The van der Waals surface area contributed by atoms with Crippen molar-refractivity contribution in [3.63, 3.8) is 0 Å². The first-order valence-corrected chi connectivity index (χ1v) is 10.9. The Balaban J connectivity index is 1.60. The lowest BCUT2D eigenvalue weighted by molar-refractivity contribution is 0.239. The molecular formula is C20H21ClN2O3S. The fourth-order valence-electron chi connectivity index (χ4n) is 3.48. The van der Waals surface area contributed by atoms with Gasteiger partial charge in [-0.15, -0.1) is 0 Å². The number of H-pyrrole nitrogens is 1. The molecule has 1 aliphatic rings. The van der Waals surface area contributed by atoms with Crippen molar-refractivity contribution in [2.45, 2.75) is 22.6 Å². The van der Waals surface area contributed by atoms with E-state index in [1.165, 1.54) is 31.2 Å². The molecular weight excluding hydrogens is 384 g/mol. The minimum atomic E-state index is -3.64. The van der Waals surface area contributed by atoms with Crippen LogP contribution in [0.3, 0.4) is 0 Å². The second kappa shape index (κ2) is 7.54. The largest absolute Gasteiger partial charge is 0.490 e. The van der Waals surface area contributed by atoms with E-state index in [-0.39, 0.29) is 9.79 Å². The van der Waals surface area contributed by atoms with E-state index in [0.29, 0.717) is 28.3 Å². The number of hydrogen-bond donors (Lipinski definition) is 1. The number of nitrogens with one attached hydrogen (secondary N) is 1. The maximum absolute atomic E-state index is 13.0. The average Bonchev–Trinajstić information content (AvgIpc) is 3.32. The average molecular weight is 405 g/mol. The first kappa shape index (κ1) is 18.3. The van der Waals surface area contributed by atoms with Crippen LogP contribution in [-0.4, -0.2) is 44.5 Å². The van der Waals surface area contributed by atoms with E-state index in [9.17, 15) is 8.42 Å². The Morgan fingerprint density at radius 2 is 1.81 bits per heavy atom. The highest BCUT2D eigenvalue weighted by Gasteiger charge is 2.23. The molecule has 1 aromatic heterocycles. The van der Waals surface area contributed by atoms with Crippen LogP contribution in [0.2, 0.25) is 5.02 Å². The fraction of sp³-hybridized carbons (Fsp3) is 0.300. The second-order valence-corrected chi connectivity index (χ2v) is 9.04. The van der Waals surface area contributed by atoms with Gasteiger partial charge in [0.1, 0.15) is 12.4 Å². The van der Waals surface area contributed by atoms with Crippen LogP contribution >= 0.6 is 11.6 Å². The summed E-state index contributed by atoms with van der Waals surface area (Å²) in [4.78, 5) is 5.92. The van der Waals surface area contributed by atoms with Crippen molar-refractivity contribution in [1.29, 1.82) is 0 Å². The Kier molecular flexibility index (Phi) is 5.12. The maximum atomic E-state index is 13.0. The minimum absolute atomic E-state index is 0.216. The van der Waals surface area contributed by atoms with Gasteiger partial charge in [-0.1, -0.05) is 23.7 Å². The molecule has 0 unspecified atom stereocenters. The molecule has 0 aliphatic carbocycles. The number of likely N-dealkylation sites (tertiary alicyclic amines) is 1. The summed E-state index contributed by atoms with van der Waals surface area (Å²) in [6.45, 7) is 3.71. The Morgan fingerprint density at radius 3 is 2.56 bits per heavy atom. The van der Waals surface area contributed by atoms with E-state index >= 15 is 0 Å². The number of ether oxygens (including phenoxy) is 1. The Morgan fingerprint density at radius 1 is 1.07 bits per heavy atom. The van der Waals surface area contributed by atoms with Gasteiger partial charge in [-0.2, -0.15) is 0 Å². The SMILES string of the molecule is O=S(=O)(c1ccc(Cl)cc1)c1c[nH]c2c(OCCN3CCCC3)cccc12. The lowest BCUT2D eigenvalue weighted by Gasteiger charge is -2.15. The van der Waals surface area contributed by atoms with E-state index in [2.05, 4.69) is 9.88 Å². The van der Waals surface area contributed by atoms with Crippen LogP contribution in [0.1, 0.15) is 12.8 Å². The van der Waals surface area contributed by atoms with Gasteiger partial charge in [0.15, 0.2) is 0 Å². The molecule has 7 heteroatoms. The van der Waals surface area contributed by atoms with Crippen molar-refractivity contribution in [3.8, 4) is 5.75 Å². The van der Waals surface area contributed by atoms with Gasteiger partial charge < -0.3 is 9.72 Å². The number of rotatable bonds is 6. The van der Waals surface area contributed by atoms with Crippen LogP contribution in [0.5, 0.6) is 5.75 Å². The number of fused-ring (bicyclic) bond motifs is 1. The van der Waals surface area contributed by atoms with Crippen molar-refractivity contribution in [3.05, 3.63) is 53.7 Å². The highest BCUT2D eigenvalue weighted by atomic mass is 35.5. The van der Waals surface area contributed by atoms with Crippen molar-refractivity contribution in [2.24, 2.45) is 0 Å². The molecule has 142 valence electrons. The molecule has 5 nitrogen and oxygen atoms in total. The highest BCUT2D eigenvalue weighted by molar-refractivity contribution is 7.91. The molecule has 27 heavy (non-hydrogen) atoms. The molecule has 0 spiro atoms. The molecule has 0 saturated carbocycles. The predicted octanol–water partition coefficient (Wildman–Crippen LogP) is 4.13. The van der Waals surface area contributed by atoms with Gasteiger partial charge in [-0.25, -0.2) is 8.42 Å². The third kappa shape index (κ3) is 3.70. The van der Waals surface area contributed by atoms with Gasteiger partial charge in [0.05, 0.1) is 15.3 Å². The summed E-state index contributed by atoms with van der Waals surface area (Å²) in [7, 11) is -3.64. The number of hydrogen-bond acceptors (Lipinski definition) is 4. The van der Waals surface area contributed by atoms with Gasteiger partial charge >= 0.3 is 0 Å². The number of benzene rings is 2. The number of aromatic nitrogens is 1. The van der Waals surface area contributed by atoms with Crippen LogP contribution in [0.25, 0.3) is 10.9 Å². The van der Waals surface area contributed by atoms with E-state index in [1.54, 1.807) is 18.2 Å². The molecule has 0 bridgehead atoms. The quantitative estimate of drug-likeness (QED) is 0.671. The maximum Gasteiger partial charge on any atom is 0.208 e. The summed E-state index contributed by atoms with van der Waals surface area (Å²) >= 11 is 5.88. The topological polar surface area (TPSA) is 62.4 Å². The fourth-order valence-corrected chi connectivity index (χ4v) is 5.02. The van der Waals surface area contributed by atoms with Gasteiger partial charge in [0, 0.05) is 23.2 Å². The molecule has 2 heterocycles. The molecule has 1 fully saturated rings. The summed E-state index contributed by atoms with van der Waals surface area (Å²) in [5.74, 6) is 0.671. The number of aromatic amines is 1. The van der Waals surface area contributed by atoms with Gasteiger partial charge in [0.25, 0.3) is 0 Å². The standard InChI is InChI=1S/C20H21ClN2O3S/c21-15-6-8-16(9-7-15)27(24,25)19-14-22-20-17(19)4-3-5-18(20)26-13-12-23-10-1-2-11-23/h3-9,14,22H,1-2,10-13H2. The smallest absolute Gasteiger partial charge is 0.208 e. The van der Waals surface area contributed by atoms with Crippen molar-refractivity contribution in [1.82, 2.24) is 9.88 Å². The van der Waals surface area contributed by atoms with Gasteiger partial charge in [0.2, 0.25) is 9.84 Å². The minimum Gasteiger partial charge on any atom is -0.490 e. The number of para-hydroxylation sites is 1. The molecule has 1 aliphatic heterocycles. The second-order valence-electron chi connectivity index (χ2n) is 6.69. The number of sulfone groups is 1. The Labute approximate surface area is 163 Å². The van der Waals surface area contributed by atoms with E-state index in [4.69, 9.17) is 16.3 Å². The molecule has 2 aromatic carbocycles. The van der Waals surface area contributed by atoms with Crippen molar-refractivity contribution >= 4 is 32.3 Å². The first-order valence-electron chi connectivity index (χ1n) is 9.01. The monoisotopic (exact) mass is 404 g/mol. The third-order valence-corrected chi connectivity index (χ3v) is 6.98. The molecule has 1 saturated heterocycles. The summed E-state index contributed by atoms with van der Waals surface area (Å²) in [6.07, 6.45) is 4.03. The van der Waals surface area contributed by atoms with E-state index in [1.807, 2.05) is 12.1 Å².